The monoisotopic (exact) mass is 208 g/mol. The molecule has 1 aliphatic heterocycles. The number of likely N-dealkylation sites (tertiary alicyclic amines) is 1. The van der Waals surface area contributed by atoms with Crippen LogP contribution in [0.3, 0.4) is 0 Å². The van der Waals surface area contributed by atoms with E-state index >= 15 is 0 Å². The van der Waals surface area contributed by atoms with Crippen molar-refractivity contribution in [3.8, 4) is 0 Å². The fourth-order valence-electron chi connectivity index (χ4n) is 2.45. The zero-order chi connectivity index (χ0) is 10.8. The molecule has 0 aromatic carbocycles. The van der Waals surface area contributed by atoms with Crippen LogP contribution >= 0.6 is 0 Å². The fourth-order valence-corrected chi connectivity index (χ4v) is 2.45. The lowest BCUT2D eigenvalue weighted by molar-refractivity contribution is 0.186. The van der Waals surface area contributed by atoms with Gasteiger partial charge in [-0.1, -0.05) is 6.92 Å². The van der Waals surface area contributed by atoms with E-state index in [1.807, 2.05) is 12.1 Å². The van der Waals surface area contributed by atoms with Gasteiger partial charge in [0.1, 0.15) is 5.76 Å². The van der Waals surface area contributed by atoms with Crippen molar-refractivity contribution in [2.75, 3.05) is 13.1 Å². The summed E-state index contributed by atoms with van der Waals surface area (Å²) in [5.74, 6) is 1.78. The summed E-state index contributed by atoms with van der Waals surface area (Å²) in [5.41, 5.74) is 6.05. The molecule has 2 rings (SSSR count). The lowest BCUT2D eigenvalue weighted by atomic mass is 10.1. The molecule has 2 heterocycles. The van der Waals surface area contributed by atoms with Crippen LogP contribution in [-0.2, 0) is 0 Å². The molecule has 0 bridgehead atoms. The van der Waals surface area contributed by atoms with Gasteiger partial charge in [0.05, 0.1) is 12.3 Å². The zero-order valence-electron chi connectivity index (χ0n) is 9.52. The van der Waals surface area contributed by atoms with Gasteiger partial charge in [0.25, 0.3) is 0 Å². The van der Waals surface area contributed by atoms with Gasteiger partial charge in [-0.15, -0.1) is 0 Å². The maximum atomic E-state index is 6.05. The van der Waals surface area contributed by atoms with Gasteiger partial charge in [-0.3, -0.25) is 4.90 Å². The molecule has 0 amide bonds. The van der Waals surface area contributed by atoms with Crippen LogP contribution in [0.4, 0.5) is 0 Å². The van der Waals surface area contributed by atoms with E-state index in [9.17, 15) is 0 Å². The predicted octanol–water partition coefficient (Wildman–Crippen LogP) is 2.01. The van der Waals surface area contributed by atoms with Crippen LogP contribution in [0.5, 0.6) is 0 Å². The molecule has 3 heteroatoms. The Morgan fingerprint density at radius 3 is 2.87 bits per heavy atom. The van der Waals surface area contributed by atoms with Gasteiger partial charge in [0, 0.05) is 12.6 Å². The van der Waals surface area contributed by atoms with Crippen LogP contribution in [-0.4, -0.2) is 24.0 Å². The Hall–Kier alpha value is -0.800. The molecule has 15 heavy (non-hydrogen) atoms. The van der Waals surface area contributed by atoms with Gasteiger partial charge in [0.15, 0.2) is 0 Å². The van der Waals surface area contributed by atoms with Gasteiger partial charge >= 0.3 is 0 Å². The first-order valence-electron chi connectivity index (χ1n) is 5.71. The summed E-state index contributed by atoms with van der Waals surface area (Å²) in [6.45, 7) is 6.61. The summed E-state index contributed by atoms with van der Waals surface area (Å²) in [4.78, 5) is 2.44. The van der Waals surface area contributed by atoms with Gasteiger partial charge in [-0.05, 0) is 37.9 Å². The molecule has 84 valence electrons. The van der Waals surface area contributed by atoms with Crippen molar-refractivity contribution in [2.45, 2.75) is 32.4 Å². The van der Waals surface area contributed by atoms with E-state index in [4.69, 9.17) is 10.2 Å². The Morgan fingerprint density at radius 2 is 2.40 bits per heavy atom. The topological polar surface area (TPSA) is 42.4 Å². The Labute approximate surface area is 91.2 Å². The fraction of sp³-hybridized carbons (Fsp3) is 0.667. The Bertz CT molecular complexity index is 295. The summed E-state index contributed by atoms with van der Waals surface area (Å²) in [7, 11) is 0. The number of furan rings is 1. The number of hydrogen-bond donors (Lipinski definition) is 1. The van der Waals surface area contributed by atoms with Crippen molar-refractivity contribution in [2.24, 2.45) is 11.7 Å². The quantitative estimate of drug-likeness (QED) is 0.826. The second-order valence-electron chi connectivity index (χ2n) is 4.71. The molecule has 0 saturated carbocycles. The average Bonchev–Trinajstić information content (AvgIpc) is 2.77. The van der Waals surface area contributed by atoms with Crippen molar-refractivity contribution >= 4 is 0 Å². The highest BCUT2D eigenvalue weighted by molar-refractivity contribution is 5.08. The third kappa shape index (κ3) is 2.24. The maximum Gasteiger partial charge on any atom is 0.122 e. The minimum Gasteiger partial charge on any atom is -0.468 e. The summed E-state index contributed by atoms with van der Waals surface area (Å²) in [5, 5.41) is 0. The van der Waals surface area contributed by atoms with Gasteiger partial charge in [-0.2, -0.15) is 0 Å². The Morgan fingerprint density at radius 1 is 1.60 bits per heavy atom. The van der Waals surface area contributed by atoms with E-state index in [1.165, 1.54) is 6.42 Å². The lowest BCUT2D eigenvalue weighted by Crippen LogP contribution is -2.38. The SMILES string of the molecule is CC1CCN(C(c2ccco2)C(C)N)C1. The highest BCUT2D eigenvalue weighted by Gasteiger charge is 2.30. The summed E-state index contributed by atoms with van der Waals surface area (Å²) in [6, 6.07) is 4.31. The van der Waals surface area contributed by atoms with Crippen LogP contribution in [0.25, 0.3) is 0 Å². The normalized spacial score (nSPS) is 26.7. The molecule has 0 aliphatic carbocycles. The first-order chi connectivity index (χ1) is 7.18. The zero-order valence-corrected chi connectivity index (χ0v) is 9.52. The van der Waals surface area contributed by atoms with Crippen molar-refractivity contribution in [3.63, 3.8) is 0 Å². The molecule has 1 saturated heterocycles. The highest BCUT2D eigenvalue weighted by atomic mass is 16.3. The van der Waals surface area contributed by atoms with Crippen molar-refractivity contribution in [1.29, 1.82) is 0 Å². The average molecular weight is 208 g/mol. The number of nitrogens with zero attached hydrogens (tertiary/aromatic N) is 1. The van der Waals surface area contributed by atoms with Gasteiger partial charge in [-0.25, -0.2) is 0 Å². The highest BCUT2D eigenvalue weighted by Crippen LogP contribution is 2.29. The third-order valence-electron chi connectivity index (χ3n) is 3.18. The van der Waals surface area contributed by atoms with E-state index in [0.29, 0.717) is 0 Å². The largest absolute Gasteiger partial charge is 0.468 e. The van der Waals surface area contributed by atoms with E-state index in [2.05, 4.69) is 18.7 Å². The molecule has 1 aromatic heterocycles. The minimum absolute atomic E-state index is 0.112. The van der Waals surface area contributed by atoms with Crippen LogP contribution in [0.15, 0.2) is 22.8 Å². The Balaban J connectivity index is 2.14. The molecular formula is C12H20N2O. The molecule has 0 spiro atoms. The van der Waals surface area contributed by atoms with Crippen LogP contribution in [0.2, 0.25) is 0 Å². The Kier molecular flexibility index (Phi) is 3.12. The van der Waals surface area contributed by atoms with Crippen molar-refractivity contribution in [1.82, 2.24) is 4.90 Å². The second-order valence-corrected chi connectivity index (χ2v) is 4.71. The minimum atomic E-state index is 0.112. The first-order valence-corrected chi connectivity index (χ1v) is 5.71. The first kappa shape index (κ1) is 10.7. The van der Waals surface area contributed by atoms with E-state index < -0.39 is 0 Å². The van der Waals surface area contributed by atoms with E-state index in [-0.39, 0.29) is 12.1 Å². The van der Waals surface area contributed by atoms with Gasteiger partial charge < -0.3 is 10.2 Å². The number of nitrogens with two attached hydrogens (primary N) is 1. The van der Waals surface area contributed by atoms with Crippen molar-refractivity contribution in [3.05, 3.63) is 24.2 Å². The van der Waals surface area contributed by atoms with Crippen molar-refractivity contribution < 1.29 is 4.42 Å². The molecule has 0 radical (unpaired) electrons. The molecule has 3 atom stereocenters. The van der Waals surface area contributed by atoms with Crippen LogP contribution in [0, 0.1) is 5.92 Å². The molecule has 1 aliphatic rings. The maximum absolute atomic E-state index is 6.05. The van der Waals surface area contributed by atoms with Gasteiger partial charge in [0.2, 0.25) is 0 Å². The van der Waals surface area contributed by atoms with Crippen LogP contribution in [0.1, 0.15) is 32.1 Å². The molecular weight excluding hydrogens is 188 g/mol. The summed E-state index contributed by atoms with van der Waals surface area (Å²) < 4.78 is 5.48. The molecule has 1 aromatic rings. The summed E-state index contributed by atoms with van der Waals surface area (Å²) >= 11 is 0. The summed E-state index contributed by atoms with van der Waals surface area (Å²) in [6.07, 6.45) is 2.99. The predicted molar refractivity (Wildman–Crippen MR) is 60.5 cm³/mol. The number of rotatable bonds is 3. The number of hydrogen-bond acceptors (Lipinski definition) is 3. The smallest absolute Gasteiger partial charge is 0.122 e. The second kappa shape index (κ2) is 4.37. The third-order valence-corrected chi connectivity index (χ3v) is 3.18. The standard InChI is InChI=1S/C12H20N2O/c1-9-5-6-14(8-9)12(10(2)13)11-4-3-7-15-11/h3-4,7,9-10,12H,5-6,8,13H2,1-2H3. The molecule has 3 unspecified atom stereocenters. The molecule has 3 nitrogen and oxygen atoms in total. The van der Waals surface area contributed by atoms with Crippen LogP contribution < -0.4 is 5.73 Å². The molecule has 1 fully saturated rings. The van der Waals surface area contributed by atoms with E-state index in [1.54, 1.807) is 6.26 Å². The van der Waals surface area contributed by atoms with E-state index in [0.717, 1.165) is 24.8 Å². The molecule has 2 N–H and O–H groups in total. The lowest BCUT2D eigenvalue weighted by Gasteiger charge is -2.29.